The van der Waals surface area contributed by atoms with Crippen molar-refractivity contribution in [1.29, 1.82) is 0 Å². The fourth-order valence-electron chi connectivity index (χ4n) is 5.17. The van der Waals surface area contributed by atoms with Gasteiger partial charge in [0, 0.05) is 27.8 Å². The monoisotopic (exact) mass is 554 g/mol. The van der Waals surface area contributed by atoms with E-state index >= 15 is 0 Å². The Labute approximate surface area is 232 Å². The van der Waals surface area contributed by atoms with E-state index in [2.05, 4.69) is 0 Å². The zero-order valence-electron chi connectivity index (χ0n) is 23.8. The number of rotatable bonds is 18. The first-order chi connectivity index (χ1) is 19.1. The summed E-state index contributed by atoms with van der Waals surface area (Å²) in [4.78, 5) is 12.4. The van der Waals surface area contributed by atoms with E-state index in [0.717, 1.165) is 24.8 Å². The molecular formula is C29H46O10. The van der Waals surface area contributed by atoms with Crippen LogP contribution in [0.25, 0.3) is 0 Å². The number of esters is 1. The molecule has 222 valence electrons. The number of carbonyl (C=O) groups is 1. The molecule has 39 heavy (non-hydrogen) atoms. The fourth-order valence-corrected chi connectivity index (χ4v) is 5.17. The van der Waals surface area contributed by atoms with E-state index in [1.807, 2.05) is 30.3 Å². The quantitative estimate of drug-likeness (QED) is 0.196. The van der Waals surface area contributed by atoms with Crippen LogP contribution in [0, 0.1) is 0 Å². The van der Waals surface area contributed by atoms with Gasteiger partial charge >= 0.3 is 5.97 Å². The van der Waals surface area contributed by atoms with Crippen LogP contribution >= 0.6 is 0 Å². The summed E-state index contributed by atoms with van der Waals surface area (Å²) in [6.45, 7) is 2.87. The highest BCUT2D eigenvalue weighted by atomic mass is 16.7. The Hall–Kier alpha value is -1.63. The van der Waals surface area contributed by atoms with Crippen LogP contribution < -0.4 is 0 Å². The first kappa shape index (κ1) is 31.9. The van der Waals surface area contributed by atoms with Crippen LogP contribution in [0.2, 0.25) is 0 Å². The second-order valence-corrected chi connectivity index (χ2v) is 9.85. The number of ether oxygens (including phenoxy) is 9. The molecule has 10 nitrogen and oxygen atoms in total. The highest BCUT2D eigenvalue weighted by molar-refractivity contribution is 5.70. The molecule has 7 atom stereocenters. The topological polar surface area (TPSA) is 100 Å². The number of methoxy groups -OCH3 is 3. The van der Waals surface area contributed by atoms with Gasteiger partial charge in [-0.25, -0.2) is 0 Å². The molecule has 2 aliphatic heterocycles. The zero-order valence-corrected chi connectivity index (χ0v) is 23.8. The van der Waals surface area contributed by atoms with Gasteiger partial charge in [0.15, 0.2) is 6.29 Å². The lowest BCUT2D eigenvalue weighted by molar-refractivity contribution is -0.206. The maximum Gasteiger partial charge on any atom is 0.308 e. The third-order valence-corrected chi connectivity index (χ3v) is 7.12. The first-order valence-electron chi connectivity index (χ1n) is 13.9. The van der Waals surface area contributed by atoms with Crippen molar-refractivity contribution in [2.45, 2.75) is 101 Å². The first-order valence-corrected chi connectivity index (χ1v) is 13.9. The molecule has 0 aliphatic carbocycles. The van der Waals surface area contributed by atoms with Crippen molar-refractivity contribution in [2.24, 2.45) is 0 Å². The minimum atomic E-state index is -0.457. The van der Waals surface area contributed by atoms with E-state index in [4.69, 9.17) is 42.6 Å². The molecule has 1 aromatic rings. The van der Waals surface area contributed by atoms with Crippen LogP contribution in [0.1, 0.15) is 57.4 Å². The third kappa shape index (κ3) is 10.7. The van der Waals surface area contributed by atoms with Crippen LogP contribution in [0.4, 0.5) is 0 Å². The minimum Gasteiger partial charge on any atom is -0.466 e. The molecule has 10 heteroatoms. The molecule has 2 heterocycles. The Bertz CT molecular complexity index is 794. The minimum absolute atomic E-state index is 0.0875. The second kappa shape index (κ2) is 17.9. The maximum atomic E-state index is 12.4. The predicted molar refractivity (Wildman–Crippen MR) is 142 cm³/mol. The van der Waals surface area contributed by atoms with Crippen molar-refractivity contribution >= 4 is 5.97 Å². The Morgan fingerprint density at radius 2 is 1.59 bits per heavy atom. The van der Waals surface area contributed by atoms with Crippen molar-refractivity contribution in [3.8, 4) is 0 Å². The van der Waals surface area contributed by atoms with Crippen molar-refractivity contribution in [3.05, 3.63) is 35.9 Å². The normalized spacial score (nSPS) is 26.8. The molecule has 1 unspecified atom stereocenters. The number of carbonyl (C=O) groups excluding carboxylic acids is 1. The van der Waals surface area contributed by atoms with Gasteiger partial charge in [-0.1, -0.05) is 30.3 Å². The molecule has 0 aromatic heterocycles. The maximum absolute atomic E-state index is 12.4. The predicted octanol–water partition coefficient (Wildman–Crippen LogP) is 3.98. The summed E-state index contributed by atoms with van der Waals surface area (Å²) in [6, 6.07) is 10.1. The summed E-state index contributed by atoms with van der Waals surface area (Å²) in [5.41, 5.74) is 1.08. The standard InChI is InChI=1S/C29H46O10/c1-5-34-28(30)17-27-24(37-20-32-3)13-14-25(38-27)22(35-18-21-9-7-6-8-10-21)11-12-23(36-19-31-2)26-15-16-29(33-4)39-26/h6-10,22-27,29H,5,11-20H2,1-4H3/t22-,23-,24+,25-,26-,27-,29?/m0/s1. The van der Waals surface area contributed by atoms with Gasteiger partial charge in [0.25, 0.3) is 0 Å². The van der Waals surface area contributed by atoms with Gasteiger partial charge in [0.05, 0.1) is 56.3 Å². The van der Waals surface area contributed by atoms with Crippen LogP contribution in [0.3, 0.4) is 0 Å². The number of hydrogen-bond donors (Lipinski definition) is 0. The third-order valence-electron chi connectivity index (χ3n) is 7.12. The summed E-state index contributed by atoms with van der Waals surface area (Å²) >= 11 is 0. The Balaban J connectivity index is 1.71. The molecule has 2 aliphatic rings. The van der Waals surface area contributed by atoms with Crippen LogP contribution in [0.5, 0.6) is 0 Å². The smallest absolute Gasteiger partial charge is 0.308 e. The van der Waals surface area contributed by atoms with Gasteiger partial charge in [-0.05, 0) is 44.6 Å². The van der Waals surface area contributed by atoms with E-state index in [0.29, 0.717) is 32.5 Å². The lowest BCUT2D eigenvalue weighted by Gasteiger charge is -2.39. The summed E-state index contributed by atoms with van der Waals surface area (Å²) in [6.07, 6.45) is 2.93. The molecular weight excluding hydrogens is 508 g/mol. The SMILES string of the molecule is CCOC(=O)C[C@@H]1O[C@H]([C@H](CC[C@H](OCOC)[C@@H]2CCC(OC)O2)OCc2ccccc2)CC[C@H]1OCOC. The summed E-state index contributed by atoms with van der Waals surface area (Å²) in [5.74, 6) is -0.310. The van der Waals surface area contributed by atoms with Gasteiger partial charge < -0.3 is 42.6 Å². The highest BCUT2D eigenvalue weighted by Gasteiger charge is 2.39. The van der Waals surface area contributed by atoms with Gasteiger partial charge in [-0.2, -0.15) is 0 Å². The van der Waals surface area contributed by atoms with E-state index in [1.54, 1.807) is 28.3 Å². The summed E-state index contributed by atoms with van der Waals surface area (Å²) in [5, 5.41) is 0. The Morgan fingerprint density at radius 3 is 2.26 bits per heavy atom. The van der Waals surface area contributed by atoms with E-state index < -0.39 is 6.10 Å². The van der Waals surface area contributed by atoms with Gasteiger partial charge in [-0.3, -0.25) is 4.79 Å². The van der Waals surface area contributed by atoms with Gasteiger partial charge in [0.1, 0.15) is 13.6 Å². The highest BCUT2D eigenvalue weighted by Crippen LogP contribution is 2.32. The second-order valence-electron chi connectivity index (χ2n) is 9.85. The summed E-state index contributed by atoms with van der Waals surface area (Å²) < 4.78 is 51.8. The summed E-state index contributed by atoms with van der Waals surface area (Å²) in [7, 11) is 4.84. The van der Waals surface area contributed by atoms with Crippen LogP contribution in [-0.2, 0) is 54.0 Å². The van der Waals surface area contributed by atoms with Crippen molar-refractivity contribution < 1.29 is 47.4 Å². The van der Waals surface area contributed by atoms with E-state index in [9.17, 15) is 4.79 Å². The molecule has 0 amide bonds. The lowest BCUT2D eigenvalue weighted by atomic mass is 9.93. The zero-order chi connectivity index (χ0) is 27.9. The van der Waals surface area contributed by atoms with Gasteiger partial charge in [-0.15, -0.1) is 0 Å². The van der Waals surface area contributed by atoms with Crippen molar-refractivity contribution in [2.75, 3.05) is 41.5 Å². The molecule has 0 saturated carbocycles. The van der Waals surface area contributed by atoms with E-state index in [1.165, 1.54) is 0 Å². The molecule has 2 saturated heterocycles. The lowest BCUT2D eigenvalue weighted by Crippen LogP contribution is -2.47. The van der Waals surface area contributed by atoms with Gasteiger partial charge in [0.2, 0.25) is 0 Å². The molecule has 0 N–H and O–H groups in total. The van der Waals surface area contributed by atoms with Crippen LogP contribution in [-0.4, -0.2) is 90.4 Å². The molecule has 0 radical (unpaired) electrons. The molecule has 0 bridgehead atoms. The number of hydrogen-bond acceptors (Lipinski definition) is 10. The molecule has 2 fully saturated rings. The molecule has 3 rings (SSSR count). The Morgan fingerprint density at radius 1 is 0.897 bits per heavy atom. The van der Waals surface area contributed by atoms with E-state index in [-0.39, 0.29) is 62.8 Å². The fraction of sp³-hybridized carbons (Fsp3) is 0.759. The number of benzene rings is 1. The Kier molecular flexibility index (Phi) is 14.7. The average molecular weight is 555 g/mol. The van der Waals surface area contributed by atoms with Crippen LogP contribution in [0.15, 0.2) is 30.3 Å². The molecule has 1 aromatic carbocycles. The van der Waals surface area contributed by atoms with Crippen molar-refractivity contribution in [3.63, 3.8) is 0 Å². The molecule has 0 spiro atoms. The largest absolute Gasteiger partial charge is 0.466 e. The van der Waals surface area contributed by atoms with Crippen molar-refractivity contribution in [1.82, 2.24) is 0 Å². The average Bonchev–Trinajstić information content (AvgIpc) is 3.44.